The molecule has 23 heavy (non-hydrogen) atoms. The second-order valence-corrected chi connectivity index (χ2v) is 6.49. The van der Waals surface area contributed by atoms with E-state index in [9.17, 15) is 9.90 Å². The van der Waals surface area contributed by atoms with Crippen molar-refractivity contribution in [3.05, 3.63) is 35.5 Å². The maximum atomic E-state index is 11.4. The van der Waals surface area contributed by atoms with Crippen molar-refractivity contribution in [1.82, 2.24) is 9.55 Å². The van der Waals surface area contributed by atoms with Crippen LogP contribution >= 0.6 is 11.8 Å². The second-order valence-electron chi connectivity index (χ2n) is 5.54. The van der Waals surface area contributed by atoms with Crippen molar-refractivity contribution in [2.45, 2.75) is 49.2 Å². The molecule has 1 saturated carbocycles. The summed E-state index contributed by atoms with van der Waals surface area (Å²) in [5.41, 5.74) is 0.856. The van der Waals surface area contributed by atoms with Gasteiger partial charge >= 0.3 is 5.97 Å². The molecule has 1 aliphatic carbocycles. The number of nitrogens with zero attached hydrogens (tertiary/aromatic N) is 2. The number of aromatic nitrogens is 2. The van der Waals surface area contributed by atoms with Crippen molar-refractivity contribution in [2.75, 3.05) is 7.11 Å². The van der Waals surface area contributed by atoms with Gasteiger partial charge in [0.2, 0.25) is 5.76 Å². The summed E-state index contributed by atoms with van der Waals surface area (Å²) in [5.74, 6) is 1.00. The fourth-order valence-corrected chi connectivity index (χ4v) is 3.91. The lowest BCUT2D eigenvalue weighted by Gasteiger charge is -2.17. The Morgan fingerprint density at radius 3 is 2.96 bits per heavy atom. The van der Waals surface area contributed by atoms with Gasteiger partial charge in [-0.05, 0) is 25.0 Å². The molecule has 0 spiro atoms. The molecule has 1 fully saturated rings. The Kier molecular flexibility index (Phi) is 5.07. The molecule has 1 N–H and O–H groups in total. The van der Waals surface area contributed by atoms with Crippen LogP contribution in [0, 0.1) is 0 Å². The van der Waals surface area contributed by atoms with Crippen LogP contribution < -0.4 is 0 Å². The number of rotatable bonds is 6. The quantitative estimate of drug-likeness (QED) is 0.645. The van der Waals surface area contributed by atoms with Crippen molar-refractivity contribution in [3.8, 4) is 0 Å². The number of aliphatic hydroxyl groups is 1. The number of hydrogen-bond donors (Lipinski definition) is 1. The minimum Gasteiger partial charge on any atom is -0.463 e. The summed E-state index contributed by atoms with van der Waals surface area (Å²) >= 11 is 1.55. The molecular weight excluding hydrogens is 316 g/mol. The zero-order chi connectivity index (χ0) is 16.2. The molecule has 2 aromatic rings. The molecule has 124 valence electrons. The minimum atomic E-state index is -0.476. The van der Waals surface area contributed by atoms with E-state index in [2.05, 4.69) is 14.3 Å². The Morgan fingerprint density at radius 1 is 1.48 bits per heavy atom. The molecule has 0 unspecified atom stereocenters. The molecule has 3 rings (SSSR count). The average Bonchev–Trinajstić information content (AvgIpc) is 3.30. The van der Waals surface area contributed by atoms with Gasteiger partial charge in [0.15, 0.2) is 5.16 Å². The number of carbonyl (C=O) groups excluding carboxylic acids is 1. The number of esters is 1. The van der Waals surface area contributed by atoms with Gasteiger partial charge in [-0.1, -0.05) is 24.6 Å². The lowest BCUT2D eigenvalue weighted by molar-refractivity contribution is 0.0563. The standard InChI is InChI=1S/C16H20N2O4S/c1-21-15(20)14-7-6-13(22-14)10-23-16-17-8-12(9-19)18(16)11-4-2-3-5-11/h6-8,11,19H,2-5,9-10H2,1H3. The largest absolute Gasteiger partial charge is 0.463 e. The third-order valence-corrected chi connectivity index (χ3v) is 5.07. The van der Waals surface area contributed by atoms with E-state index in [0.717, 1.165) is 23.7 Å². The summed E-state index contributed by atoms with van der Waals surface area (Å²) in [7, 11) is 1.33. The summed E-state index contributed by atoms with van der Waals surface area (Å²) in [6, 6.07) is 3.81. The van der Waals surface area contributed by atoms with Gasteiger partial charge in [0, 0.05) is 6.04 Å². The lowest BCUT2D eigenvalue weighted by atomic mass is 10.2. The summed E-state index contributed by atoms with van der Waals surface area (Å²) in [4.78, 5) is 15.8. The number of ether oxygens (including phenoxy) is 1. The fraction of sp³-hybridized carbons (Fsp3) is 0.500. The summed E-state index contributed by atoms with van der Waals surface area (Å²) in [5, 5.41) is 10.4. The molecule has 0 radical (unpaired) electrons. The summed E-state index contributed by atoms with van der Waals surface area (Å²) in [6.07, 6.45) is 6.44. The van der Waals surface area contributed by atoms with Crippen molar-refractivity contribution in [1.29, 1.82) is 0 Å². The Hall–Kier alpha value is -1.73. The van der Waals surface area contributed by atoms with Gasteiger partial charge in [0.05, 0.1) is 31.4 Å². The predicted molar refractivity (Wildman–Crippen MR) is 85.3 cm³/mol. The smallest absolute Gasteiger partial charge is 0.373 e. The first kappa shape index (κ1) is 16.1. The molecular formula is C16H20N2O4S. The second kappa shape index (κ2) is 7.23. The highest BCUT2D eigenvalue weighted by molar-refractivity contribution is 7.98. The molecule has 0 amide bonds. The number of aliphatic hydroxyl groups excluding tert-OH is 1. The third-order valence-electron chi connectivity index (χ3n) is 4.08. The van der Waals surface area contributed by atoms with E-state index in [-0.39, 0.29) is 12.4 Å². The molecule has 2 aromatic heterocycles. The molecule has 1 aliphatic rings. The van der Waals surface area contributed by atoms with Crippen LogP contribution in [0.1, 0.15) is 53.7 Å². The van der Waals surface area contributed by atoms with Crippen LogP contribution in [0.5, 0.6) is 0 Å². The molecule has 7 heteroatoms. The van der Waals surface area contributed by atoms with Gasteiger partial charge in [-0.2, -0.15) is 0 Å². The van der Waals surface area contributed by atoms with Crippen LogP contribution in [0.2, 0.25) is 0 Å². The number of carbonyl (C=O) groups is 1. The van der Waals surface area contributed by atoms with Gasteiger partial charge in [0.1, 0.15) is 5.76 Å². The molecule has 0 bridgehead atoms. The number of thioether (sulfide) groups is 1. The van der Waals surface area contributed by atoms with Crippen LogP contribution in [0.15, 0.2) is 27.9 Å². The van der Waals surface area contributed by atoms with E-state index in [4.69, 9.17) is 4.42 Å². The monoisotopic (exact) mass is 336 g/mol. The van der Waals surface area contributed by atoms with Crippen LogP contribution in [0.4, 0.5) is 0 Å². The Balaban J connectivity index is 1.71. The van der Waals surface area contributed by atoms with Gasteiger partial charge in [-0.3, -0.25) is 0 Å². The van der Waals surface area contributed by atoms with E-state index in [1.165, 1.54) is 20.0 Å². The maximum absolute atomic E-state index is 11.4. The Labute approximate surface area is 138 Å². The van der Waals surface area contributed by atoms with Crippen molar-refractivity contribution in [2.24, 2.45) is 0 Å². The van der Waals surface area contributed by atoms with Gasteiger partial charge in [-0.25, -0.2) is 9.78 Å². The highest BCUT2D eigenvalue weighted by atomic mass is 32.2. The first-order valence-corrected chi connectivity index (χ1v) is 8.68. The van der Waals surface area contributed by atoms with Crippen LogP contribution in [0.3, 0.4) is 0 Å². The summed E-state index contributed by atoms with van der Waals surface area (Å²) in [6.45, 7) is -0.00268. The Morgan fingerprint density at radius 2 is 2.26 bits per heavy atom. The molecule has 0 atom stereocenters. The van der Waals surface area contributed by atoms with Gasteiger partial charge in [0.25, 0.3) is 0 Å². The number of furan rings is 1. The lowest BCUT2D eigenvalue weighted by Crippen LogP contribution is -2.10. The van der Waals surface area contributed by atoms with E-state index in [1.54, 1.807) is 30.1 Å². The number of imidazole rings is 1. The fourth-order valence-electron chi connectivity index (χ4n) is 2.96. The zero-order valence-electron chi connectivity index (χ0n) is 13.0. The molecule has 0 saturated heterocycles. The molecule has 0 aromatic carbocycles. The highest BCUT2D eigenvalue weighted by Crippen LogP contribution is 2.35. The number of methoxy groups -OCH3 is 1. The minimum absolute atomic E-state index is 0.00268. The van der Waals surface area contributed by atoms with Gasteiger partial charge < -0.3 is 18.8 Å². The normalized spacial score (nSPS) is 15.2. The number of hydrogen-bond acceptors (Lipinski definition) is 6. The predicted octanol–water partition coefficient (Wildman–Crippen LogP) is 3.16. The maximum Gasteiger partial charge on any atom is 0.373 e. The molecule has 6 nitrogen and oxygen atoms in total. The van der Waals surface area contributed by atoms with Crippen molar-refractivity contribution >= 4 is 17.7 Å². The van der Waals surface area contributed by atoms with Crippen LogP contribution in [-0.4, -0.2) is 27.7 Å². The first-order chi connectivity index (χ1) is 11.2. The average molecular weight is 336 g/mol. The van der Waals surface area contributed by atoms with Gasteiger partial charge in [-0.15, -0.1) is 0 Å². The Bertz CT molecular complexity index is 673. The SMILES string of the molecule is COC(=O)c1ccc(CSc2ncc(CO)n2C2CCCC2)o1. The molecule has 0 aliphatic heterocycles. The third kappa shape index (κ3) is 3.45. The van der Waals surface area contributed by atoms with Crippen LogP contribution in [-0.2, 0) is 17.1 Å². The highest BCUT2D eigenvalue weighted by Gasteiger charge is 2.23. The van der Waals surface area contributed by atoms with Crippen molar-refractivity contribution in [3.63, 3.8) is 0 Å². The zero-order valence-corrected chi connectivity index (χ0v) is 13.8. The van der Waals surface area contributed by atoms with Crippen LogP contribution in [0.25, 0.3) is 0 Å². The first-order valence-electron chi connectivity index (χ1n) is 7.69. The molecule has 2 heterocycles. The van der Waals surface area contributed by atoms with Crippen molar-refractivity contribution < 1.29 is 19.1 Å². The van der Waals surface area contributed by atoms with E-state index < -0.39 is 5.97 Å². The van der Waals surface area contributed by atoms with E-state index in [1.807, 2.05) is 0 Å². The summed E-state index contributed by atoms with van der Waals surface area (Å²) < 4.78 is 12.3. The van der Waals surface area contributed by atoms with E-state index in [0.29, 0.717) is 17.6 Å². The topological polar surface area (TPSA) is 77.5 Å². The van der Waals surface area contributed by atoms with E-state index >= 15 is 0 Å².